The number of benzene rings is 1. The zero-order chi connectivity index (χ0) is 13.2. The number of nitrogens with zero attached hydrogens (tertiary/aromatic N) is 5. The second kappa shape index (κ2) is 5.07. The number of hydrogen-bond donors (Lipinski definition) is 1. The Morgan fingerprint density at radius 3 is 2.74 bits per heavy atom. The number of rotatable bonds is 3. The number of nitrogens with two attached hydrogens (primary N) is 1. The molecule has 3 rings (SSSR count). The molecule has 2 atom stereocenters. The Balaban J connectivity index is 1.78. The van der Waals surface area contributed by atoms with Crippen LogP contribution in [0.2, 0.25) is 0 Å². The molecule has 2 N–H and O–H groups in total. The summed E-state index contributed by atoms with van der Waals surface area (Å²) >= 11 is 0. The fourth-order valence-electron chi connectivity index (χ4n) is 2.50. The van der Waals surface area contributed by atoms with Gasteiger partial charge in [-0.3, -0.25) is 4.90 Å². The zero-order valence-electron chi connectivity index (χ0n) is 11.0. The lowest BCUT2D eigenvalue weighted by Crippen LogP contribution is -2.28. The van der Waals surface area contributed by atoms with Crippen LogP contribution in [0, 0.1) is 5.92 Å². The molecule has 2 heterocycles. The molecule has 1 aliphatic heterocycles. The summed E-state index contributed by atoms with van der Waals surface area (Å²) in [5.74, 6) is 1.38. The van der Waals surface area contributed by atoms with Crippen molar-refractivity contribution in [3.8, 4) is 5.69 Å². The number of likely N-dealkylation sites (tertiary alicyclic amines) is 1. The third-order valence-corrected chi connectivity index (χ3v) is 3.65. The molecule has 2 aromatic rings. The highest BCUT2D eigenvalue weighted by Gasteiger charge is 2.27. The summed E-state index contributed by atoms with van der Waals surface area (Å²) in [6.07, 6.45) is 0. The summed E-state index contributed by atoms with van der Waals surface area (Å²) < 4.78 is 1.79. The maximum Gasteiger partial charge on any atom is 0.170 e. The molecule has 0 saturated carbocycles. The third-order valence-electron chi connectivity index (χ3n) is 3.65. The van der Waals surface area contributed by atoms with E-state index in [9.17, 15) is 0 Å². The van der Waals surface area contributed by atoms with Crippen LogP contribution in [0.1, 0.15) is 12.7 Å². The van der Waals surface area contributed by atoms with E-state index in [2.05, 4.69) is 27.3 Å². The Morgan fingerprint density at radius 1 is 1.26 bits per heavy atom. The van der Waals surface area contributed by atoms with Gasteiger partial charge >= 0.3 is 0 Å². The second-order valence-electron chi connectivity index (χ2n) is 5.18. The molecule has 6 nitrogen and oxygen atoms in total. The highest BCUT2D eigenvalue weighted by atomic mass is 15.5. The monoisotopic (exact) mass is 258 g/mol. The SMILES string of the molecule is CC1CN(Cc2nnnn2-c2ccccc2)CC1N. The molecule has 1 aliphatic rings. The van der Waals surface area contributed by atoms with Gasteiger partial charge in [-0.2, -0.15) is 4.68 Å². The van der Waals surface area contributed by atoms with Crippen molar-refractivity contribution < 1.29 is 0 Å². The van der Waals surface area contributed by atoms with Gasteiger partial charge in [0.1, 0.15) is 0 Å². The van der Waals surface area contributed by atoms with Gasteiger partial charge in [0.15, 0.2) is 5.82 Å². The molecule has 0 bridgehead atoms. The van der Waals surface area contributed by atoms with Gasteiger partial charge in [-0.1, -0.05) is 25.1 Å². The lowest BCUT2D eigenvalue weighted by Gasteiger charge is -2.14. The van der Waals surface area contributed by atoms with Crippen molar-refractivity contribution in [1.82, 2.24) is 25.1 Å². The minimum absolute atomic E-state index is 0.251. The average molecular weight is 258 g/mol. The van der Waals surface area contributed by atoms with Crippen LogP contribution >= 0.6 is 0 Å². The predicted molar refractivity (Wildman–Crippen MR) is 71.6 cm³/mol. The molecule has 1 fully saturated rings. The predicted octanol–water partition coefficient (Wildman–Crippen LogP) is 0.441. The van der Waals surface area contributed by atoms with Gasteiger partial charge < -0.3 is 5.73 Å². The quantitative estimate of drug-likeness (QED) is 0.865. The fraction of sp³-hybridized carbons (Fsp3) is 0.462. The van der Waals surface area contributed by atoms with Crippen molar-refractivity contribution >= 4 is 0 Å². The summed E-state index contributed by atoms with van der Waals surface area (Å²) in [6.45, 7) is 4.83. The maximum absolute atomic E-state index is 6.05. The van der Waals surface area contributed by atoms with E-state index in [0.29, 0.717) is 5.92 Å². The summed E-state index contributed by atoms with van der Waals surface area (Å²) in [7, 11) is 0. The molecule has 0 radical (unpaired) electrons. The van der Waals surface area contributed by atoms with Crippen molar-refractivity contribution in [2.24, 2.45) is 11.7 Å². The van der Waals surface area contributed by atoms with Gasteiger partial charge in [-0.05, 0) is 28.5 Å². The Kier molecular flexibility index (Phi) is 3.27. The van der Waals surface area contributed by atoms with E-state index in [1.165, 1.54) is 0 Å². The standard InChI is InChI=1S/C13H18N6/c1-10-7-18(8-12(10)14)9-13-15-16-17-19(13)11-5-3-2-4-6-11/h2-6,10,12H,7-9,14H2,1H3. The maximum atomic E-state index is 6.05. The van der Waals surface area contributed by atoms with Gasteiger partial charge in [0.2, 0.25) is 0 Å². The minimum Gasteiger partial charge on any atom is -0.326 e. The molecule has 6 heteroatoms. The molecule has 19 heavy (non-hydrogen) atoms. The first-order valence-electron chi connectivity index (χ1n) is 6.54. The molecule has 1 saturated heterocycles. The zero-order valence-corrected chi connectivity index (χ0v) is 11.0. The lowest BCUT2D eigenvalue weighted by molar-refractivity contribution is 0.307. The first-order chi connectivity index (χ1) is 9.24. The van der Waals surface area contributed by atoms with Crippen molar-refractivity contribution in [2.45, 2.75) is 19.5 Å². The average Bonchev–Trinajstić information content (AvgIpc) is 2.99. The smallest absolute Gasteiger partial charge is 0.170 e. The molecule has 0 aliphatic carbocycles. The molecular formula is C13H18N6. The van der Waals surface area contributed by atoms with Gasteiger partial charge in [-0.25, -0.2) is 0 Å². The normalized spacial score (nSPS) is 23.9. The van der Waals surface area contributed by atoms with Crippen molar-refractivity contribution in [1.29, 1.82) is 0 Å². The molecule has 0 spiro atoms. The van der Waals surface area contributed by atoms with E-state index in [1.54, 1.807) is 4.68 Å². The summed E-state index contributed by atoms with van der Waals surface area (Å²) in [4.78, 5) is 2.31. The number of tetrazole rings is 1. The van der Waals surface area contributed by atoms with Crippen molar-refractivity contribution in [3.05, 3.63) is 36.2 Å². The van der Waals surface area contributed by atoms with Crippen LogP contribution in [0.5, 0.6) is 0 Å². The van der Waals surface area contributed by atoms with E-state index in [4.69, 9.17) is 5.73 Å². The van der Waals surface area contributed by atoms with E-state index in [0.717, 1.165) is 31.1 Å². The highest BCUT2D eigenvalue weighted by Crippen LogP contribution is 2.17. The Labute approximate surface area is 112 Å². The summed E-state index contributed by atoms with van der Waals surface area (Å²) in [6, 6.07) is 10.2. The van der Waals surface area contributed by atoms with E-state index in [1.807, 2.05) is 30.3 Å². The highest BCUT2D eigenvalue weighted by molar-refractivity contribution is 5.30. The second-order valence-corrected chi connectivity index (χ2v) is 5.18. The first kappa shape index (κ1) is 12.3. The molecule has 0 amide bonds. The summed E-state index contributed by atoms with van der Waals surface area (Å²) in [5.41, 5.74) is 7.03. The first-order valence-corrected chi connectivity index (χ1v) is 6.54. The van der Waals surface area contributed by atoms with Crippen LogP contribution < -0.4 is 5.73 Å². The van der Waals surface area contributed by atoms with Crippen LogP contribution in [-0.2, 0) is 6.54 Å². The fourth-order valence-corrected chi connectivity index (χ4v) is 2.50. The molecule has 1 aromatic heterocycles. The van der Waals surface area contributed by atoms with Crippen LogP contribution in [-0.4, -0.2) is 44.2 Å². The number of hydrogen-bond acceptors (Lipinski definition) is 5. The Morgan fingerprint density at radius 2 is 2.05 bits per heavy atom. The van der Waals surface area contributed by atoms with E-state index < -0.39 is 0 Å². The number of para-hydroxylation sites is 1. The molecule has 100 valence electrons. The third kappa shape index (κ3) is 2.50. The van der Waals surface area contributed by atoms with Gasteiger partial charge in [0, 0.05) is 19.1 Å². The van der Waals surface area contributed by atoms with Crippen molar-refractivity contribution in [3.63, 3.8) is 0 Å². The van der Waals surface area contributed by atoms with Crippen LogP contribution in [0.25, 0.3) is 5.69 Å². The minimum atomic E-state index is 0.251. The Hall–Kier alpha value is -1.79. The topological polar surface area (TPSA) is 72.9 Å². The van der Waals surface area contributed by atoms with Crippen LogP contribution in [0.4, 0.5) is 0 Å². The van der Waals surface area contributed by atoms with E-state index >= 15 is 0 Å². The molecule has 2 unspecified atom stereocenters. The van der Waals surface area contributed by atoms with Crippen molar-refractivity contribution in [2.75, 3.05) is 13.1 Å². The lowest BCUT2D eigenvalue weighted by atomic mass is 10.1. The molecule has 1 aromatic carbocycles. The van der Waals surface area contributed by atoms with Gasteiger partial charge in [0.25, 0.3) is 0 Å². The number of aromatic nitrogens is 4. The van der Waals surface area contributed by atoms with Gasteiger partial charge in [0.05, 0.1) is 12.2 Å². The van der Waals surface area contributed by atoms with Crippen LogP contribution in [0.15, 0.2) is 30.3 Å². The van der Waals surface area contributed by atoms with Gasteiger partial charge in [-0.15, -0.1) is 5.10 Å². The molecular weight excluding hydrogens is 240 g/mol. The van der Waals surface area contributed by atoms with Crippen LogP contribution in [0.3, 0.4) is 0 Å². The summed E-state index contributed by atoms with van der Waals surface area (Å²) in [5, 5.41) is 12.0. The van der Waals surface area contributed by atoms with E-state index in [-0.39, 0.29) is 6.04 Å². The Bertz CT molecular complexity index is 527. The largest absolute Gasteiger partial charge is 0.326 e.